The van der Waals surface area contributed by atoms with Gasteiger partial charge in [0.25, 0.3) is 0 Å². The van der Waals surface area contributed by atoms with Crippen LogP contribution in [0.4, 0.5) is 0 Å². The van der Waals surface area contributed by atoms with Crippen molar-refractivity contribution >= 4 is 38.6 Å². The SMILES string of the molecule is CCC(NC(=O)C(CSc1cccc2cccnc12)NS(C)(=O)=O)C(O)CC1CC(C)CC1C. The van der Waals surface area contributed by atoms with E-state index in [0.717, 1.165) is 28.5 Å². The number of hydrogen-bond donors (Lipinski definition) is 3. The van der Waals surface area contributed by atoms with Gasteiger partial charge in [-0.05, 0) is 55.6 Å². The summed E-state index contributed by atoms with van der Waals surface area (Å²) in [4.78, 5) is 18.5. The van der Waals surface area contributed by atoms with Crippen LogP contribution in [0.5, 0.6) is 0 Å². The van der Waals surface area contributed by atoms with Gasteiger partial charge in [-0.2, -0.15) is 0 Å². The van der Waals surface area contributed by atoms with Gasteiger partial charge in [-0.1, -0.05) is 39.0 Å². The third kappa shape index (κ3) is 7.41. The van der Waals surface area contributed by atoms with Crippen molar-refractivity contribution in [1.82, 2.24) is 15.0 Å². The topological polar surface area (TPSA) is 108 Å². The molecule has 7 nitrogen and oxygen atoms in total. The van der Waals surface area contributed by atoms with Crippen LogP contribution in [-0.2, 0) is 14.8 Å². The normalized spacial score (nSPS) is 23.5. The maximum atomic E-state index is 13.2. The number of para-hydroxylation sites is 1. The van der Waals surface area contributed by atoms with Crippen LogP contribution in [0.3, 0.4) is 0 Å². The number of carbonyl (C=O) groups excluding carboxylic acids is 1. The molecular formula is C25H37N3O4S2. The molecule has 0 radical (unpaired) electrons. The average Bonchev–Trinajstić information content (AvgIpc) is 3.10. The van der Waals surface area contributed by atoms with Crippen LogP contribution in [0, 0.1) is 17.8 Å². The summed E-state index contributed by atoms with van der Waals surface area (Å²) in [5.41, 5.74) is 0.815. The van der Waals surface area contributed by atoms with E-state index < -0.39 is 34.1 Å². The smallest absolute Gasteiger partial charge is 0.239 e. The molecular weight excluding hydrogens is 470 g/mol. The summed E-state index contributed by atoms with van der Waals surface area (Å²) in [5, 5.41) is 14.8. The Morgan fingerprint density at radius 3 is 2.62 bits per heavy atom. The molecule has 34 heavy (non-hydrogen) atoms. The second-order valence-electron chi connectivity index (χ2n) is 9.73. The van der Waals surface area contributed by atoms with Crippen LogP contribution in [0.1, 0.15) is 46.5 Å². The summed E-state index contributed by atoms with van der Waals surface area (Å²) in [6.45, 7) is 6.39. The lowest BCUT2D eigenvalue weighted by Gasteiger charge is -2.28. The Labute approximate surface area is 207 Å². The molecule has 188 valence electrons. The Morgan fingerprint density at radius 1 is 1.24 bits per heavy atom. The maximum absolute atomic E-state index is 13.2. The van der Waals surface area contributed by atoms with Crippen LogP contribution in [0.2, 0.25) is 0 Å². The first-order valence-electron chi connectivity index (χ1n) is 12.0. The highest BCUT2D eigenvalue weighted by Gasteiger charge is 2.33. The number of nitrogens with zero attached hydrogens (tertiary/aromatic N) is 1. The molecule has 9 heteroatoms. The number of carbonyl (C=O) groups is 1. The van der Waals surface area contributed by atoms with E-state index in [1.807, 2.05) is 37.3 Å². The molecule has 1 saturated carbocycles. The molecule has 0 bridgehead atoms. The van der Waals surface area contributed by atoms with Crippen molar-refractivity contribution in [2.24, 2.45) is 17.8 Å². The summed E-state index contributed by atoms with van der Waals surface area (Å²) in [7, 11) is -3.61. The van der Waals surface area contributed by atoms with Crippen molar-refractivity contribution in [2.45, 2.75) is 69.5 Å². The Kier molecular flexibility index (Phi) is 9.37. The molecule has 1 amide bonds. The number of nitrogens with one attached hydrogen (secondary N) is 2. The number of thioether (sulfide) groups is 1. The van der Waals surface area contributed by atoms with Gasteiger partial charge in [0.1, 0.15) is 6.04 Å². The molecule has 0 spiro atoms. The summed E-state index contributed by atoms with van der Waals surface area (Å²) in [5.74, 6) is 1.44. The van der Waals surface area contributed by atoms with E-state index in [4.69, 9.17) is 0 Å². The van der Waals surface area contributed by atoms with Gasteiger partial charge in [0.05, 0.1) is 23.9 Å². The number of amides is 1. The van der Waals surface area contributed by atoms with Crippen LogP contribution >= 0.6 is 11.8 Å². The quantitative estimate of drug-likeness (QED) is 0.401. The van der Waals surface area contributed by atoms with Crippen molar-refractivity contribution in [1.29, 1.82) is 0 Å². The molecule has 2 aromatic rings. The number of sulfonamides is 1. The lowest BCUT2D eigenvalue weighted by molar-refractivity contribution is -0.124. The molecule has 1 aliphatic carbocycles. The van der Waals surface area contributed by atoms with E-state index in [-0.39, 0.29) is 5.75 Å². The van der Waals surface area contributed by atoms with Crippen molar-refractivity contribution < 1.29 is 18.3 Å². The fourth-order valence-corrected chi connectivity index (χ4v) is 6.89. The number of aliphatic hydroxyl groups is 1. The largest absolute Gasteiger partial charge is 0.391 e. The monoisotopic (exact) mass is 507 g/mol. The average molecular weight is 508 g/mol. The summed E-state index contributed by atoms with van der Waals surface area (Å²) >= 11 is 1.38. The first-order valence-corrected chi connectivity index (χ1v) is 14.9. The summed E-state index contributed by atoms with van der Waals surface area (Å²) in [6.07, 6.45) is 5.56. The van der Waals surface area contributed by atoms with Gasteiger partial charge in [0.2, 0.25) is 15.9 Å². The zero-order chi connectivity index (χ0) is 24.9. The molecule has 1 aliphatic rings. The molecule has 6 unspecified atom stereocenters. The Balaban J connectivity index is 1.68. The van der Waals surface area contributed by atoms with Crippen LogP contribution in [0.15, 0.2) is 41.4 Å². The van der Waals surface area contributed by atoms with Gasteiger partial charge in [0, 0.05) is 22.2 Å². The van der Waals surface area contributed by atoms with Gasteiger partial charge in [-0.15, -0.1) is 11.8 Å². The van der Waals surface area contributed by atoms with Crippen LogP contribution < -0.4 is 10.0 Å². The third-order valence-corrected chi connectivity index (χ3v) is 8.59. The third-order valence-electron chi connectivity index (χ3n) is 6.73. The number of aromatic nitrogens is 1. The first-order chi connectivity index (χ1) is 16.1. The Morgan fingerprint density at radius 2 is 1.97 bits per heavy atom. The minimum atomic E-state index is -3.61. The Bertz CT molecular complexity index is 1070. The van der Waals surface area contributed by atoms with E-state index in [9.17, 15) is 18.3 Å². The number of fused-ring (bicyclic) bond motifs is 1. The second-order valence-corrected chi connectivity index (χ2v) is 12.6. The molecule has 1 heterocycles. The fourth-order valence-electron chi connectivity index (χ4n) is 5.02. The number of aliphatic hydroxyl groups excluding tert-OH is 1. The molecule has 0 saturated heterocycles. The van der Waals surface area contributed by atoms with E-state index in [1.165, 1.54) is 18.2 Å². The molecule has 3 rings (SSSR count). The zero-order valence-corrected chi connectivity index (χ0v) is 22.0. The van der Waals surface area contributed by atoms with Gasteiger partial charge >= 0.3 is 0 Å². The minimum absolute atomic E-state index is 0.207. The highest BCUT2D eigenvalue weighted by molar-refractivity contribution is 7.99. The van der Waals surface area contributed by atoms with Gasteiger partial charge in [-0.25, -0.2) is 13.1 Å². The molecule has 1 aromatic heterocycles. The molecule has 3 N–H and O–H groups in total. The van der Waals surface area contributed by atoms with Crippen molar-refractivity contribution in [3.05, 3.63) is 36.5 Å². The first kappa shape index (κ1) is 26.9. The zero-order valence-electron chi connectivity index (χ0n) is 20.4. The maximum Gasteiger partial charge on any atom is 0.239 e. The van der Waals surface area contributed by atoms with Gasteiger partial charge in [-0.3, -0.25) is 9.78 Å². The predicted octanol–water partition coefficient (Wildman–Crippen LogP) is 3.57. The van der Waals surface area contributed by atoms with Gasteiger partial charge < -0.3 is 10.4 Å². The highest BCUT2D eigenvalue weighted by Crippen LogP contribution is 2.38. The fraction of sp³-hybridized carbons (Fsp3) is 0.600. The van der Waals surface area contributed by atoms with E-state index >= 15 is 0 Å². The number of rotatable bonds is 11. The summed E-state index contributed by atoms with van der Waals surface area (Å²) < 4.78 is 26.5. The molecule has 1 fully saturated rings. The number of hydrogen-bond acceptors (Lipinski definition) is 6. The summed E-state index contributed by atoms with van der Waals surface area (Å²) in [6, 6.07) is 8.22. The lowest BCUT2D eigenvalue weighted by Crippen LogP contribution is -2.53. The molecule has 0 aliphatic heterocycles. The van der Waals surface area contributed by atoms with Crippen molar-refractivity contribution in [3.8, 4) is 0 Å². The van der Waals surface area contributed by atoms with Crippen LogP contribution in [-0.4, -0.2) is 54.6 Å². The lowest BCUT2D eigenvalue weighted by atomic mass is 9.89. The molecule has 6 atom stereocenters. The predicted molar refractivity (Wildman–Crippen MR) is 138 cm³/mol. The van der Waals surface area contributed by atoms with Crippen molar-refractivity contribution in [3.63, 3.8) is 0 Å². The van der Waals surface area contributed by atoms with Crippen LogP contribution in [0.25, 0.3) is 10.9 Å². The second kappa shape index (κ2) is 11.8. The number of benzene rings is 1. The highest BCUT2D eigenvalue weighted by atomic mass is 32.2. The van der Waals surface area contributed by atoms with E-state index in [0.29, 0.717) is 30.6 Å². The number of pyridine rings is 1. The molecule has 1 aromatic carbocycles. The standard InChI is InChI=1S/C25H37N3O4S2/c1-5-20(22(29)14-19-13-16(2)12-17(19)3)27-25(30)21(28-34(4,31)32)15-33-23-10-6-8-18-9-7-11-26-24(18)23/h6-11,16-17,19-22,28-29H,5,12-15H2,1-4H3,(H,27,30). The minimum Gasteiger partial charge on any atom is -0.391 e. The Hall–Kier alpha value is -1.68. The van der Waals surface area contributed by atoms with Gasteiger partial charge in [0.15, 0.2) is 0 Å². The van der Waals surface area contributed by atoms with Crippen molar-refractivity contribution in [2.75, 3.05) is 12.0 Å². The van der Waals surface area contributed by atoms with E-state index in [2.05, 4.69) is 28.9 Å². The van der Waals surface area contributed by atoms with E-state index in [1.54, 1.807) is 6.20 Å².